The normalized spacial score (nSPS) is 12.4. The van der Waals surface area contributed by atoms with Crippen LogP contribution in [0.15, 0.2) is 48.5 Å². The van der Waals surface area contributed by atoms with Gasteiger partial charge in [-0.05, 0) is 0 Å². The molecule has 0 bridgehead atoms. The van der Waals surface area contributed by atoms with Gasteiger partial charge in [-0.3, -0.25) is 0 Å². The van der Waals surface area contributed by atoms with Crippen molar-refractivity contribution in [1.82, 2.24) is 0 Å². The van der Waals surface area contributed by atoms with E-state index in [-0.39, 0.29) is 0 Å². The van der Waals surface area contributed by atoms with Crippen molar-refractivity contribution in [3.63, 3.8) is 0 Å². The van der Waals surface area contributed by atoms with Gasteiger partial charge in [0, 0.05) is 0 Å². The van der Waals surface area contributed by atoms with Gasteiger partial charge in [0.1, 0.15) is 0 Å². The first-order valence-corrected chi connectivity index (χ1v) is 25.4. The van der Waals surface area contributed by atoms with Gasteiger partial charge in [-0.15, -0.1) is 0 Å². The van der Waals surface area contributed by atoms with E-state index < -0.39 is 31.6 Å². The summed E-state index contributed by atoms with van der Waals surface area (Å²) in [6.07, 6.45) is 0. The Bertz CT molecular complexity index is 1530. The van der Waals surface area contributed by atoms with Crippen LogP contribution in [0.2, 0.25) is 43.3 Å². The summed E-state index contributed by atoms with van der Waals surface area (Å²) in [5, 5.41) is 0. The first-order valence-electron chi connectivity index (χ1n) is 16.0. The third-order valence-corrected chi connectivity index (χ3v) is 32.4. The molecule has 0 aromatic heterocycles. The Hall–Kier alpha value is -2.14. The van der Waals surface area contributed by atoms with Crippen molar-refractivity contribution < 1.29 is 0 Å². The zero-order valence-corrected chi connectivity index (χ0v) is 33.8. The van der Waals surface area contributed by atoms with Gasteiger partial charge in [-0.25, -0.2) is 0 Å². The zero-order valence-electron chi connectivity index (χ0n) is 29.7. The van der Waals surface area contributed by atoms with E-state index in [1.807, 2.05) is 0 Å². The molecule has 0 aliphatic carbocycles. The average molecular weight is 664 g/mol. The minimum atomic E-state index is -1.41. The fraction of sp³-hybridized carbons (Fsp3) is 0.400. The minimum absolute atomic E-state index is 0.454. The molecule has 0 heterocycles. The van der Waals surface area contributed by atoms with Gasteiger partial charge in [0.15, 0.2) is 0 Å². The molecule has 4 aromatic rings. The van der Waals surface area contributed by atoms with Crippen molar-refractivity contribution in [2.75, 3.05) is 0 Å². The van der Waals surface area contributed by atoms with Crippen LogP contribution >= 0.6 is 0 Å². The molecule has 0 aliphatic rings. The molecular formula is C40H54GeSi2. The molecule has 0 atom stereocenters. The van der Waals surface area contributed by atoms with Crippen LogP contribution in [0.1, 0.15) is 50.1 Å². The molecule has 4 rings (SSSR count). The predicted molar refractivity (Wildman–Crippen MR) is 201 cm³/mol. The molecular weight excluding hydrogens is 609 g/mol. The average Bonchev–Trinajstić information content (AvgIpc) is 2.80. The molecule has 0 fully saturated rings. The standard InChI is InChI=1S/C40H54GeSi2/c1-24-16-27(4)36(28(5)17-24)33-22-34(37-29(6)18-25(2)19-30(37)7)39(41-40(42(10,11)12)43(13,14)15)35(23-33)38-31(8)20-26(3)21-32(38)9/h16-23,40H,1-15H3. The number of rotatable bonds is 7. The Balaban J connectivity index is 2.26. The van der Waals surface area contributed by atoms with Gasteiger partial charge in [0.05, 0.1) is 0 Å². The Morgan fingerprint density at radius 3 is 0.977 bits per heavy atom. The molecule has 43 heavy (non-hydrogen) atoms. The van der Waals surface area contributed by atoms with E-state index in [1.54, 1.807) is 4.40 Å². The summed E-state index contributed by atoms with van der Waals surface area (Å²) in [6.45, 7) is 36.5. The SMILES string of the molecule is Cc1cc(C)c(-c2cc(-c3c(C)cc(C)cc3C)[c]([Ge][CH]([Si](C)(C)C)[Si](C)(C)C)c(-c3c(C)cc(C)cc3C)c2)c(C)c1. The van der Waals surface area contributed by atoms with Gasteiger partial charge in [-0.2, -0.15) is 0 Å². The number of hydrogen-bond donors (Lipinski definition) is 0. The van der Waals surface area contributed by atoms with Crippen LogP contribution < -0.4 is 4.40 Å². The topological polar surface area (TPSA) is 0 Å². The Kier molecular flexibility index (Phi) is 9.68. The van der Waals surface area contributed by atoms with Gasteiger partial charge in [0.2, 0.25) is 0 Å². The molecule has 0 aliphatic heterocycles. The predicted octanol–water partition coefficient (Wildman–Crippen LogP) is 11.3. The van der Waals surface area contributed by atoms with Crippen LogP contribution in [0, 0.1) is 62.3 Å². The van der Waals surface area contributed by atoms with Crippen LogP contribution in [0.4, 0.5) is 0 Å². The Morgan fingerprint density at radius 1 is 0.419 bits per heavy atom. The zero-order chi connectivity index (χ0) is 32.2. The molecule has 0 saturated carbocycles. The molecule has 0 spiro atoms. The molecule has 3 heteroatoms. The maximum atomic E-state index is 2.64. The van der Waals surface area contributed by atoms with Crippen LogP contribution in [0.25, 0.3) is 33.4 Å². The van der Waals surface area contributed by atoms with Gasteiger partial charge >= 0.3 is 274 Å². The Labute approximate surface area is 272 Å². The molecule has 0 unspecified atom stereocenters. The molecule has 0 amide bonds. The molecule has 226 valence electrons. The monoisotopic (exact) mass is 664 g/mol. The van der Waals surface area contributed by atoms with Crippen molar-refractivity contribution in [1.29, 1.82) is 0 Å². The van der Waals surface area contributed by atoms with Crippen molar-refractivity contribution in [2.45, 2.75) is 106 Å². The third kappa shape index (κ3) is 7.07. The van der Waals surface area contributed by atoms with E-state index in [0.29, 0.717) is 0 Å². The van der Waals surface area contributed by atoms with E-state index in [9.17, 15) is 0 Å². The summed E-state index contributed by atoms with van der Waals surface area (Å²) >= 11 is -0.454. The number of benzene rings is 4. The maximum absolute atomic E-state index is 2.64. The van der Waals surface area contributed by atoms with Crippen LogP contribution in [0.3, 0.4) is 0 Å². The van der Waals surface area contributed by atoms with E-state index in [4.69, 9.17) is 0 Å². The van der Waals surface area contributed by atoms with Crippen molar-refractivity contribution in [2.24, 2.45) is 0 Å². The van der Waals surface area contributed by atoms with Gasteiger partial charge in [0.25, 0.3) is 0 Å². The number of aryl methyl sites for hydroxylation is 9. The van der Waals surface area contributed by atoms with E-state index in [0.717, 1.165) is 4.00 Å². The van der Waals surface area contributed by atoms with Crippen molar-refractivity contribution >= 4 is 36.0 Å². The molecule has 4 aromatic carbocycles. The summed E-state index contributed by atoms with van der Waals surface area (Å²) in [5.74, 6) is 0. The van der Waals surface area contributed by atoms with E-state index in [1.165, 1.54) is 83.5 Å². The summed E-state index contributed by atoms with van der Waals surface area (Å²) < 4.78 is 2.58. The second-order valence-corrected chi connectivity index (χ2v) is 32.1. The summed E-state index contributed by atoms with van der Waals surface area (Å²) in [7, 11) is -2.82. The first kappa shape index (κ1) is 33.7. The molecule has 0 saturated heterocycles. The van der Waals surface area contributed by atoms with Crippen LogP contribution in [-0.2, 0) is 0 Å². The van der Waals surface area contributed by atoms with Crippen molar-refractivity contribution in [3.05, 3.63) is 98.6 Å². The summed E-state index contributed by atoms with van der Waals surface area (Å²) in [6, 6.07) is 19.5. The second kappa shape index (κ2) is 12.3. The van der Waals surface area contributed by atoms with E-state index in [2.05, 4.69) is 150 Å². The number of hydrogen-bond acceptors (Lipinski definition) is 0. The summed E-state index contributed by atoms with van der Waals surface area (Å²) in [4.78, 5) is 0. The quantitative estimate of drug-likeness (QED) is 0.173. The molecule has 0 N–H and O–H groups in total. The Morgan fingerprint density at radius 2 is 0.698 bits per heavy atom. The molecule has 2 radical (unpaired) electrons. The first-order chi connectivity index (χ1) is 19.8. The van der Waals surface area contributed by atoms with Gasteiger partial charge < -0.3 is 0 Å². The third-order valence-electron chi connectivity index (χ3n) is 9.02. The fourth-order valence-electron chi connectivity index (χ4n) is 8.06. The summed E-state index contributed by atoms with van der Waals surface area (Å²) in [5.41, 5.74) is 21.1. The van der Waals surface area contributed by atoms with Crippen LogP contribution in [-0.4, -0.2) is 31.6 Å². The van der Waals surface area contributed by atoms with Crippen molar-refractivity contribution in [3.8, 4) is 33.4 Å². The molecule has 0 nitrogen and oxygen atoms in total. The van der Waals surface area contributed by atoms with E-state index >= 15 is 0 Å². The second-order valence-electron chi connectivity index (χ2n) is 15.6. The van der Waals surface area contributed by atoms with Crippen LogP contribution in [0.5, 0.6) is 0 Å². The fourth-order valence-corrected chi connectivity index (χ4v) is 28.4. The van der Waals surface area contributed by atoms with Gasteiger partial charge in [-0.1, -0.05) is 0 Å².